The van der Waals surface area contributed by atoms with Gasteiger partial charge in [0.2, 0.25) is 0 Å². The molecule has 4 N–H and O–H groups in total. The molecule has 15 heavy (non-hydrogen) atoms. The molecule has 6 nitrogen and oxygen atoms in total. The van der Waals surface area contributed by atoms with Gasteiger partial charge in [-0.05, 0) is 18.8 Å². The van der Waals surface area contributed by atoms with Crippen molar-refractivity contribution in [3.63, 3.8) is 0 Å². The molecule has 0 radical (unpaired) electrons. The lowest BCUT2D eigenvalue weighted by atomic mass is 9.91. The zero-order chi connectivity index (χ0) is 11.7. The first-order chi connectivity index (χ1) is 6.73. The molecular formula is C7H16O6P2. The molecule has 0 bridgehead atoms. The lowest BCUT2D eigenvalue weighted by molar-refractivity contribution is 0.286. The first-order valence-electron chi connectivity index (χ1n) is 4.83. The fourth-order valence-corrected chi connectivity index (χ4v) is 5.44. The van der Waals surface area contributed by atoms with Crippen molar-refractivity contribution in [3.05, 3.63) is 0 Å². The smallest absolute Gasteiger partial charge is 0.324 e. The molecule has 0 aromatic rings. The SMILES string of the molecule is O=P(O)(O)C(C1CCCCC1)P(=O)(O)O. The number of hydrogen-bond donors (Lipinski definition) is 4. The average Bonchev–Trinajstić information content (AvgIpc) is 2.00. The van der Waals surface area contributed by atoms with Crippen molar-refractivity contribution in [2.45, 2.75) is 37.5 Å². The second kappa shape index (κ2) is 4.66. The van der Waals surface area contributed by atoms with Gasteiger partial charge in [0.05, 0.1) is 0 Å². The minimum absolute atomic E-state index is 0.487. The summed E-state index contributed by atoms with van der Waals surface area (Å²) in [7, 11) is -9.46. The quantitative estimate of drug-likeness (QED) is 0.566. The molecule has 0 saturated heterocycles. The van der Waals surface area contributed by atoms with Crippen LogP contribution in [0.25, 0.3) is 0 Å². The lowest BCUT2D eigenvalue weighted by Crippen LogP contribution is -2.23. The summed E-state index contributed by atoms with van der Waals surface area (Å²) in [6, 6.07) is 0. The van der Waals surface area contributed by atoms with Crippen LogP contribution in [0.1, 0.15) is 32.1 Å². The van der Waals surface area contributed by atoms with Crippen molar-refractivity contribution in [1.82, 2.24) is 0 Å². The van der Waals surface area contributed by atoms with Gasteiger partial charge in [0.25, 0.3) is 0 Å². The first-order valence-corrected chi connectivity index (χ1v) is 8.19. The van der Waals surface area contributed by atoms with Crippen LogP contribution in [0.15, 0.2) is 0 Å². The largest absolute Gasteiger partial charge is 0.340 e. The summed E-state index contributed by atoms with van der Waals surface area (Å²) in [5, 5.41) is -1.80. The predicted octanol–water partition coefficient (Wildman–Crippen LogP) is 1.25. The maximum absolute atomic E-state index is 11.1. The van der Waals surface area contributed by atoms with Gasteiger partial charge in [-0.3, -0.25) is 9.13 Å². The van der Waals surface area contributed by atoms with E-state index in [1.807, 2.05) is 0 Å². The van der Waals surface area contributed by atoms with Gasteiger partial charge in [-0.1, -0.05) is 19.3 Å². The van der Waals surface area contributed by atoms with Crippen LogP contribution < -0.4 is 0 Å². The normalized spacial score (nSPS) is 20.9. The summed E-state index contributed by atoms with van der Waals surface area (Å²) in [4.78, 5) is 35.9. The Morgan fingerprint density at radius 1 is 0.867 bits per heavy atom. The molecule has 1 saturated carbocycles. The third-order valence-electron chi connectivity index (χ3n) is 2.76. The van der Waals surface area contributed by atoms with Crippen LogP contribution in [-0.2, 0) is 9.13 Å². The van der Waals surface area contributed by atoms with Gasteiger partial charge in [0.1, 0.15) is 0 Å². The first kappa shape index (κ1) is 13.4. The molecule has 0 aliphatic heterocycles. The Bertz CT molecular complexity index is 277. The van der Waals surface area contributed by atoms with Crippen LogP contribution in [0, 0.1) is 5.92 Å². The Balaban J connectivity index is 2.91. The van der Waals surface area contributed by atoms with E-state index in [-0.39, 0.29) is 0 Å². The van der Waals surface area contributed by atoms with E-state index in [1.165, 1.54) is 0 Å². The molecule has 90 valence electrons. The summed E-state index contributed by atoms with van der Waals surface area (Å²) in [6.45, 7) is 0. The van der Waals surface area contributed by atoms with Crippen LogP contribution in [0.4, 0.5) is 0 Å². The van der Waals surface area contributed by atoms with E-state index < -0.39 is 26.5 Å². The van der Waals surface area contributed by atoms with Crippen molar-refractivity contribution >= 4 is 15.2 Å². The molecule has 0 aromatic carbocycles. The van der Waals surface area contributed by atoms with Crippen molar-refractivity contribution in [2.24, 2.45) is 5.92 Å². The second-order valence-electron chi connectivity index (χ2n) is 3.99. The molecule has 0 spiro atoms. The van der Waals surface area contributed by atoms with Gasteiger partial charge in [-0.15, -0.1) is 0 Å². The predicted molar refractivity (Wildman–Crippen MR) is 54.5 cm³/mol. The van der Waals surface area contributed by atoms with Gasteiger partial charge >= 0.3 is 15.2 Å². The van der Waals surface area contributed by atoms with Gasteiger partial charge in [-0.25, -0.2) is 0 Å². The molecule has 1 fully saturated rings. The van der Waals surface area contributed by atoms with E-state index in [2.05, 4.69) is 0 Å². The van der Waals surface area contributed by atoms with E-state index in [9.17, 15) is 9.13 Å². The highest BCUT2D eigenvalue weighted by Crippen LogP contribution is 2.64. The average molecular weight is 258 g/mol. The van der Waals surface area contributed by atoms with Crippen molar-refractivity contribution in [2.75, 3.05) is 0 Å². The molecule has 0 atom stereocenters. The Kier molecular flexibility index (Phi) is 4.15. The number of hydrogen-bond acceptors (Lipinski definition) is 2. The van der Waals surface area contributed by atoms with Crippen LogP contribution in [0.2, 0.25) is 0 Å². The molecule has 1 aliphatic rings. The van der Waals surface area contributed by atoms with Crippen molar-refractivity contribution in [1.29, 1.82) is 0 Å². The van der Waals surface area contributed by atoms with Crippen LogP contribution >= 0.6 is 15.2 Å². The fourth-order valence-electron chi connectivity index (χ4n) is 2.18. The standard InChI is InChI=1S/C7H16O6P2/c8-14(9,10)7(15(11,12)13)6-4-2-1-3-5-6/h6-7H,1-5H2,(H2,8,9,10)(H2,11,12,13). The van der Waals surface area contributed by atoms with Gasteiger partial charge in [-0.2, -0.15) is 0 Å². The van der Waals surface area contributed by atoms with Crippen molar-refractivity contribution < 1.29 is 28.7 Å². The number of rotatable bonds is 3. The highest BCUT2D eigenvalue weighted by atomic mass is 31.2. The lowest BCUT2D eigenvalue weighted by Gasteiger charge is -2.30. The molecule has 0 amide bonds. The summed E-state index contributed by atoms with van der Waals surface area (Å²) in [5.41, 5.74) is 0. The van der Waals surface area contributed by atoms with Crippen LogP contribution in [0.5, 0.6) is 0 Å². The summed E-state index contributed by atoms with van der Waals surface area (Å²) >= 11 is 0. The molecular weight excluding hydrogens is 242 g/mol. The molecule has 0 aromatic heterocycles. The molecule has 1 rings (SSSR count). The summed E-state index contributed by atoms with van der Waals surface area (Å²) in [6.07, 6.45) is 3.50. The van der Waals surface area contributed by atoms with Gasteiger partial charge in [0.15, 0.2) is 5.40 Å². The monoisotopic (exact) mass is 258 g/mol. The molecule has 8 heteroatoms. The Hall–Kier alpha value is 0.300. The third kappa shape index (κ3) is 3.66. The Morgan fingerprint density at radius 3 is 1.60 bits per heavy atom. The zero-order valence-corrected chi connectivity index (χ0v) is 9.98. The second-order valence-corrected chi connectivity index (χ2v) is 7.87. The van der Waals surface area contributed by atoms with E-state index in [4.69, 9.17) is 19.6 Å². The van der Waals surface area contributed by atoms with Gasteiger partial charge < -0.3 is 19.6 Å². The molecule has 1 aliphatic carbocycles. The molecule has 0 unspecified atom stereocenters. The van der Waals surface area contributed by atoms with Crippen molar-refractivity contribution in [3.8, 4) is 0 Å². The minimum atomic E-state index is -4.73. The van der Waals surface area contributed by atoms with Crippen LogP contribution in [0.3, 0.4) is 0 Å². The fraction of sp³-hybridized carbons (Fsp3) is 1.00. The van der Waals surface area contributed by atoms with E-state index in [0.29, 0.717) is 12.8 Å². The minimum Gasteiger partial charge on any atom is -0.324 e. The highest BCUT2D eigenvalue weighted by Gasteiger charge is 2.48. The topological polar surface area (TPSA) is 115 Å². The third-order valence-corrected chi connectivity index (χ3v) is 6.79. The maximum Gasteiger partial charge on any atom is 0.340 e. The zero-order valence-electron chi connectivity index (χ0n) is 8.19. The van der Waals surface area contributed by atoms with Gasteiger partial charge in [0, 0.05) is 0 Å². The van der Waals surface area contributed by atoms with E-state index >= 15 is 0 Å². The Morgan fingerprint density at radius 2 is 1.27 bits per heavy atom. The summed E-state index contributed by atoms with van der Waals surface area (Å²) < 4.78 is 22.2. The maximum atomic E-state index is 11.1. The van der Waals surface area contributed by atoms with Crippen LogP contribution in [-0.4, -0.2) is 25.0 Å². The van der Waals surface area contributed by atoms with E-state index in [1.54, 1.807) is 0 Å². The highest BCUT2D eigenvalue weighted by molar-refractivity contribution is 7.70. The Labute approximate surface area is 88.0 Å². The molecule has 0 heterocycles. The summed E-state index contributed by atoms with van der Waals surface area (Å²) in [5.74, 6) is -0.555. The van der Waals surface area contributed by atoms with E-state index in [0.717, 1.165) is 19.3 Å².